The number of aromatic amines is 1. The van der Waals surface area contributed by atoms with Gasteiger partial charge in [-0.05, 0) is 59.5 Å². The molecule has 0 bridgehead atoms. The fourth-order valence-electron chi connectivity index (χ4n) is 5.69. The molecule has 4 aromatic rings. The summed E-state index contributed by atoms with van der Waals surface area (Å²) < 4.78 is 26.7. The number of rotatable bonds is 8. The molecule has 0 saturated heterocycles. The van der Waals surface area contributed by atoms with Crippen molar-refractivity contribution in [3.8, 4) is 11.5 Å². The summed E-state index contributed by atoms with van der Waals surface area (Å²) in [5.74, 6) is 1.82. The molecule has 0 spiro atoms. The third-order valence-corrected chi connectivity index (χ3v) is 7.65. The van der Waals surface area contributed by atoms with E-state index < -0.39 is 0 Å². The van der Waals surface area contributed by atoms with Crippen molar-refractivity contribution in [2.75, 3.05) is 6.79 Å². The Bertz CT molecular complexity index is 1480. The number of halogens is 1. The molecule has 2 aliphatic rings. The van der Waals surface area contributed by atoms with Crippen LogP contribution in [0.2, 0.25) is 0 Å². The first-order chi connectivity index (χ1) is 18.6. The molecule has 0 radical (unpaired) electrons. The van der Waals surface area contributed by atoms with Crippen LogP contribution < -0.4 is 15.0 Å². The highest BCUT2D eigenvalue weighted by Crippen LogP contribution is 2.36. The molecule has 3 heterocycles. The largest absolute Gasteiger partial charge is 0.454 e. The van der Waals surface area contributed by atoms with Crippen molar-refractivity contribution in [2.45, 2.75) is 70.6 Å². The molecule has 10 heteroatoms. The summed E-state index contributed by atoms with van der Waals surface area (Å²) in [5.41, 5.74) is 2.10. The number of H-pyrrole nitrogens is 1. The highest BCUT2D eigenvalue weighted by Gasteiger charge is 2.29. The second-order valence-corrected chi connectivity index (χ2v) is 10.1. The van der Waals surface area contributed by atoms with Crippen molar-refractivity contribution in [2.24, 2.45) is 0 Å². The number of hydrogen-bond donors (Lipinski definition) is 1. The lowest BCUT2D eigenvalue weighted by Crippen LogP contribution is -2.33. The molecule has 198 valence electrons. The van der Waals surface area contributed by atoms with Gasteiger partial charge in [0.2, 0.25) is 6.79 Å². The van der Waals surface area contributed by atoms with Crippen molar-refractivity contribution >= 4 is 10.9 Å². The molecule has 1 aliphatic heterocycles. The first-order valence-electron chi connectivity index (χ1n) is 13.3. The summed E-state index contributed by atoms with van der Waals surface area (Å²) in [6.45, 7) is 3.15. The minimum atomic E-state index is -0.279. The Labute approximate surface area is 219 Å². The predicted molar refractivity (Wildman–Crippen MR) is 139 cm³/mol. The van der Waals surface area contributed by atoms with E-state index in [0.29, 0.717) is 35.7 Å². The standard InChI is InChI=1S/C28H31FN6O3/c1-2-24(27-31-32-33-35(27)22-6-4-3-5-7-22)34(15-18-8-10-21(29)11-9-18)16-20-12-19-13-25-26(38-17-37-25)14-23(19)30-28(20)36/h8-14,22,24H,2-7,15-17H2,1H3,(H,30,36)/t24-/m1/s1. The van der Waals surface area contributed by atoms with E-state index in [1.165, 1.54) is 31.4 Å². The second-order valence-electron chi connectivity index (χ2n) is 10.1. The number of nitrogens with zero attached hydrogens (tertiary/aromatic N) is 5. The molecular formula is C28H31FN6O3. The summed E-state index contributed by atoms with van der Waals surface area (Å²) >= 11 is 0. The average molecular weight is 519 g/mol. The number of aromatic nitrogens is 5. The van der Waals surface area contributed by atoms with Gasteiger partial charge in [0.15, 0.2) is 17.3 Å². The molecule has 6 rings (SSSR count). The molecule has 1 fully saturated rings. The lowest BCUT2D eigenvalue weighted by molar-refractivity contribution is 0.155. The number of fused-ring (bicyclic) bond motifs is 2. The molecule has 1 atom stereocenters. The first kappa shape index (κ1) is 24.5. The fraction of sp³-hybridized carbons (Fsp3) is 0.429. The van der Waals surface area contributed by atoms with Crippen LogP contribution >= 0.6 is 0 Å². The molecule has 2 aromatic carbocycles. The number of nitrogens with one attached hydrogen (secondary N) is 1. The van der Waals surface area contributed by atoms with Gasteiger partial charge in [0, 0.05) is 30.1 Å². The summed E-state index contributed by atoms with van der Waals surface area (Å²) in [6.07, 6.45) is 6.46. The fourth-order valence-corrected chi connectivity index (χ4v) is 5.69. The Kier molecular flexibility index (Phi) is 6.80. The minimum Gasteiger partial charge on any atom is -0.454 e. The van der Waals surface area contributed by atoms with Crippen LogP contribution in [0.5, 0.6) is 11.5 Å². The molecule has 0 unspecified atom stereocenters. The van der Waals surface area contributed by atoms with Gasteiger partial charge in [-0.15, -0.1) is 5.10 Å². The summed E-state index contributed by atoms with van der Waals surface area (Å²) in [4.78, 5) is 18.4. The quantitative estimate of drug-likeness (QED) is 0.349. The van der Waals surface area contributed by atoms with Gasteiger partial charge in [0.05, 0.1) is 17.6 Å². The third kappa shape index (κ3) is 4.88. The van der Waals surface area contributed by atoms with Crippen LogP contribution in [0.3, 0.4) is 0 Å². The van der Waals surface area contributed by atoms with Crippen LogP contribution in [-0.2, 0) is 13.1 Å². The van der Waals surface area contributed by atoms with Crippen molar-refractivity contribution in [1.82, 2.24) is 30.1 Å². The van der Waals surface area contributed by atoms with Gasteiger partial charge in [0.1, 0.15) is 5.82 Å². The maximum absolute atomic E-state index is 13.7. The Balaban J connectivity index is 1.37. The maximum atomic E-state index is 13.7. The van der Waals surface area contributed by atoms with Gasteiger partial charge < -0.3 is 14.5 Å². The predicted octanol–water partition coefficient (Wildman–Crippen LogP) is 5.04. The van der Waals surface area contributed by atoms with E-state index in [1.54, 1.807) is 18.2 Å². The maximum Gasteiger partial charge on any atom is 0.252 e. The number of tetrazole rings is 1. The van der Waals surface area contributed by atoms with Crippen LogP contribution in [0.1, 0.15) is 74.5 Å². The third-order valence-electron chi connectivity index (χ3n) is 7.65. The minimum absolute atomic E-state index is 0.135. The van der Waals surface area contributed by atoms with Gasteiger partial charge in [-0.1, -0.05) is 38.3 Å². The van der Waals surface area contributed by atoms with Crippen LogP contribution in [0, 0.1) is 5.82 Å². The van der Waals surface area contributed by atoms with Crippen molar-refractivity contribution in [3.05, 3.63) is 75.6 Å². The van der Waals surface area contributed by atoms with Gasteiger partial charge in [0.25, 0.3) is 5.56 Å². The highest BCUT2D eigenvalue weighted by atomic mass is 19.1. The Hall–Kier alpha value is -3.79. The van der Waals surface area contributed by atoms with Crippen LogP contribution in [0.4, 0.5) is 4.39 Å². The molecule has 2 aromatic heterocycles. The second kappa shape index (κ2) is 10.5. The van der Waals surface area contributed by atoms with E-state index in [2.05, 4.69) is 32.3 Å². The summed E-state index contributed by atoms with van der Waals surface area (Å²) in [5, 5.41) is 13.8. The Morgan fingerprint density at radius 1 is 1.08 bits per heavy atom. The number of pyridine rings is 1. The van der Waals surface area contributed by atoms with Gasteiger partial charge in [-0.2, -0.15) is 0 Å². The zero-order valence-corrected chi connectivity index (χ0v) is 21.4. The number of ether oxygens (including phenoxy) is 2. The van der Waals surface area contributed by atoms with E-state index >= 15 is 0 Å². The Morgan fingerprint density at radius 3 is 2.61 bits per heavy atom. The molecular weight excluding hydrogens is 487 g/mol. The molecule has 9 nitrogen and oxygen atoms in total. The zero-order chi connectivity index (χ0) is 26.1. The molecule has 38 heavy (non-hydrogen) atoms. The molecule has 0 amide bonds. The van der Waals surface area contributed by atoms with E-state index in [-0.39, 0.29) is 30.3 Å². The molecule has 1 N–H and O–H groups in total. The Morgan fingerprint density at radius 2 is 1.84 bits per heavy atom. The molecule has 1 saturated carbocycles. The van der Waals surface area contributed by atoms with Crippen LogP contribution in [0.15, 0.2) is 47.3 Å². The van der Waals surface area contributed by atoms with Crippen LogP contribution in [-0.4, -0.2) is 36.9 Å². The first-order valence-corrected chi connectivity index (χ1v) is 13.3. The highest BCUT2D eigenvalue weighted by molar-refractivity contribution is 5.83. The van der Waals surface area contributed by atoms with Gasteiger partial charge >= 0.3 is 0 Å². The average Bonchev–Trinajstić information content (AvgIpc) is 3.60. The van der Waals surface area contributed by atoms with Gasteiger partial charge in [-0.25, -0.2) is 9.07 Å². The van der Waals surface area contributed by atoms with E-state index in [9.17, 15) is 9.18 Å². The van der Waals surface area contributed by atoms with Crippen molar-refractivity contribution < 1.29 is 13.9 Å². The van der Waals surface area contributed by atoms with Gasteiger partial charge in [-0.3, -0.25) is 9.69 Å². The van der Waals surface area contributed by atoms with E-state index in [1.807, 2.05) is 16.8 Å². The van der Waals surface area contributed by atoms with Crippen LogP contribution in [0.25, 0.3) is 10.9 Å². The summed E-state index contributed by atoms with van der Waals surface area (Å²) in [7, 11) is 0. The molecule has 1 aliphatic carbocycles. The van der Waals surface area contributed by atoms with E-state index in [0.717, 1.165) is 36.0 Å². The van der Waals surface area contributed by atoms with E-state index in [4.69, 9.17) is 9.47 Å². The lowest BCUT2D eigenvalue weighted by Gasteiger charge is -2.32. The van der Waals surface area contributed by atoms with Crippen molar-refractivity contribution in [1.29, 1.82) is 0 Å². The topological polar surface area (TPSA) is 98.2 Å². The SMILES string of the molecule is CC[C@H](c1nnnn1C1CCCCC1)N(Cc1ccc(F)cc1)Cc1cc2cc3c(cc2[nH]c1=O)OCO3. The van der Waals surface area contributed by atoms with Crippen molar-refractivity contribution in [3.63, 3.8) is 0 Å². The zero-order valence-electron chi connectivity index (χ0n) is 21.4. The summed E-state index contributed by atoms with van der Waals surface area (Å²) in [6, 6.07) is 12.2. The normalized spacial score (nSPS) is 16.4. The monoisotopic (exact) mass is 518 g/mol. The number of hydrogen-bond acceptors (Lipinski definition) is 7. The smallest absolute Gasteiger partial charge is 0.252 e. The lowest BCUT2D eigenvalue weighted by atomic mass is 9.95. The number of benzene rings is 2.